The molecule has 10 heteroatoms. The van der Waals surface area contributed by atoms with E-state index in [0.717, 1.165) is 0 Å². The Bertz CT molecular complexity index is 1420. The van der Waals surface area contributed by atoms with Crippen molar-refractivity contribution in [1.82, 2.24) is 21.0 Å². The van der Waals surface area contributed by atoms with Crippen LogP contribution >= 0.6 is 0 Å². The number of benzene rings is 2. The Morgan fingerprint density at radius 2 is 1.81 bits per heavy atom. The standard InChI is InChI=1S/C26H26BFN8/c1-25(2,3)15-32-24-17(12-30)13-31-23-16(11-29)9-20(10-21(23)24)33-26(27,22-14-36(4)35-34-22)18-5-7-19(28)8-6-18/h5-10,13-14,33-35H,15H2,1-4H3,(H,31,32). The number of hydrogen-bond donors (Lipinski definition) is 4. The van der Waals surface area contributed by atoms with E-state index in [2.05, 4.69) is 59.5 Å². The molecule has 0 spiro atoms. The number of fused-ring (bicyclic) bond motifs is 1. The maximum atomic E-state index is 13.7. The van der Waals surface area contributed by atoms with Crippen LogP contribution in [0, 0.1) is 33.9 Å². The summed E-state index contributed by atoms with van der Waals surface area (Å²) in [5.41, 5.74) is 8.07. The van der Waals surface area contributed by atoms with Crippen molar-refractivity contribution >= 4 is 30.1 Å². The number of hydrogen-bond acceptors (Lipinski definition) is 8. The first kappa shape index (κ1) is 24.8. The average molecular weight is 480 g/mol. The topological polar surface area (TPSA) is 112 Å². The first-order valence-corrected chi connectivity index (χ1v) is 11.3. The minimum atomic E-state index is -1.31. The van der Waals surface area contributed by atoms with Crippen LogP contribution < -0.4 is 21.6 Å². The molecule has 1 atom stereocenters. The summed E-state index contributed by atoms with van der Waals surface area (Å²) in [5, 5.41) is 28.7. The van der Waals surface area contributed by atoms with E-state index in [-0.39, 0.29) is 11.2 Å². The number of anilines is 2. The zero-order valence-corrected chi connectivity index (χ0v) is 20.6. The lowest BCUT2D eigenvalue weighted by Crippen LogP contribution is -2.45. The Morgan fingerprint density at radius 3 is 2.39 bits per heavy atom. The molecule has 180 valence electrons. The fourth-order valence-corrected chi connectivity index (χ4v) is 3.93. The fraction of sp³-hybridized carbons (Fsp3) is 0.269. The van der Waals surface area contributed by atoms with E-state index < -0.39 is 5.44 Å². The fourth-order valence-electron chi connectivity index (χ4n) is 3.93. The molecule has 0 saturated heterocycles. The third-order valence-electron chi connectivity index (χ3n) is 5.76. The molecule has 0 aliphatic carbocycles. The van der Waals surface area contributed by atoms with Gasteiger partial charge in [-0.05, 0) is 35.2 Å². The molecule has 1 aromatic heterocycles. The third kappa shape index (κ3) is 4.90. The van der Waals surface area contributed by atoms with Crippen LogP contribution in [0.15, 0.2) is 54.5 Å². The molecule has 1 aliphatic rings. The minimum absolute atomic E-state index is 0.0507. The molecule has 36 heavy (non-hydrogen) atoms. The first-order valence-electron chi connectivity index (χ1n) is 11.3. The highest BCUT2D eigenvalue weighted by Crippen LogP contribution is 2.36. The van der Waals surface area contributed by atoms with Gasteiger partial charge in [0.2, 0.25) is 0 Å². The average Bonchev–Trinajstić information content (AvgIpc) is 3.28. The zero-order valence-electron chi connectivity index (χ0n) is 20.6. The second-order valence-electron chi connectivity index (χ2n) is 9.94. The maximum Gasteiger partial charge on any atom is 0.123 e. The van der Waals surface area contributed by atoms with Crippen molar-refractivity contribution in [2.75, 3.05) is 24.2 Å². The molecule has 1 aliphatic heterocycles. The van der Waals surface area contributed by atoms with Crippen LogP contribution in [0.5, 0.6) is 0 Å². The van der Waals surface area contributed by atoms with Gasteiger partial charge in [-0.25, -0.2) is 4.39 Å². The first-order chi connectivity index (χ1) is 17.0. The van der Waals surface area contributed by atoms with Crippen LogP contribution in [0.25, 0.3) is 10.9 Å². The van der Waals surface area contributed by atoms with E-state index in [4.69, 9.17) is 7.85 Å². The molecule has 8 nitrogen and oxygen atoms in total. The SMILES string of the molecule is [B]C(Nc1cc(C#N)c2ncc(C#N)c(NCC(C)(C)C)c2c1)(C1=CN(C)NN1)c1ccc(F)cc1. The van der Waals surface area contributed by atoms with E-state index in [1.165, 1.54) is 18.3 Å². The van der Waals surface area contributed by atoms with Crippen molar-refractivity contribution in [3.8, 4) is 12.1 Å². The summed E-state index contributed by atoms with van der Waals surface area (Å²) in [5.74, 6) is -0.383. The van der Waals surface area contributed by atoms with Crippen LogP contribution in [-0.2, 0) is 5.44 Å². The Balaban J connectivity index is 1.88. The number of nitriles is 2. The molecule has 2 heterocycles. The molecule has 4 rings (SSSR count). The van der Waals surface area contributed by atoms with Crippen molar-refractivity contribution < 1.29 is 4.39 Å². The highest BCUT2D eigenvalue weighted by molar-refractivity contribution is 6.19. The molecule has 0 amide bonds. The second-order valence-corrected chi connectivity index (χ2v) is 9.94. The predicted octanol–water partition coefficient (Wildman–Crippen LogP) is 3.80. The van der Waals surface area contributed by atoms with Gasteiger partial charge in [-0.3, -0.25) is 9.99 Å². The van der Waals surface area contributed by atoms with Gasteiger partial charge >= 0.3 is 0 Å². The quantitative estimate of drug-likeness (QED) is 0.395. The molecule has 4 N–H and O–H groups in total. The van der Waals surface area contributed by atoms with Gasteiger partial charge < -0.3 is 16.1 Å². The lowest BCUT2D eigenvalue weighted by Gasteiger charge is -2.34. The molecule has 2 radical (unpaired) electrons. The number of rotatable bonds is 6. The van der Waals surface area contributed by atoms with E-state index in [1.54, 1.807) is 36.5 Å². The number of nitrogens with zero attached hydrogens (tertiary/aromatic N) is 4. The van der Waals surface area contributed by atoms with Crippen LogP contribution in [0.1, 0.15) is 37.5 Å². The Hall–Kier alpha value is -4.28. The second kappa shape index (κ2) is 9.41. The number of aromatic nitrogens is 1. The van der Waals surface area contributed by atoms with Gasteiger partial charge in [0.05, 0.1) is 33.5 Å². The van der Waals surface area contributed by atoms with Gasteiger partial charge in [0.15, 0.2) is 0 Å². The summed E-state index contributed by atoms with van der Waals surface area (Å²) in [7, 11) is 8.72. The Kier molecular flexibility index (Phi) is 6.49. The Labute approximate surface area is 211 Å². The van der Waals surface area contributed by atoms with E-state index in [0.29, 0.717) is 51.2 Å². The van der Waals surface area contributed by atoms with Crippen LogP contribution in [-0.4, -0.2) is 31.4 Å². The number of hydrazine groups is 2. The molecular weight excluding hydrogens is 454 g/mol. The largest absolute Gasteiger partial charge is 0.383 e. The summed E-state index contributed by atoms with van der Waals surface area (Å²) in [6.07, 6.45) is 3.25. The van der Waals surface area contributed by atoms with Crippen LogP contribution in [0.4, 0.5) is 15.8 Å². The van der Waals surface area contributed by atoms with Crippen molar-refractivity contribution in [2.24, 2.45) is 5.41 Å². The summed E-state index contributed by atoms with van der Waals surface area (Å²) < 4.78 is 13.7. The lowest BCUT2D eigenvalue weighted by atomic mass is 9.69. The molecule has 0 bridgehead atoms. The van der Waals surface area contributed by atoms with Gasteiger partial charge in [0.1, 0.15) is 25.8 Å². The van der Waals surface area contributed by atoms with Crippen molar-refractivity contribution in [2.45, 2.75) is 26.2 Å². The van der Waals surface area contributed by atoms with Gasteiger partial charge in [0.25, 0.3) is 0 Å². The summed E-state index contributed by atoms with van der Waals surface area (Å²) in [6.45, 7) is 6.86. The zero-order chi connectivity index (χ0) is 26.1. The van der Waals surface area contributed by atoms with Gasteiger partial charge in [-0.2, -0.15) is 10.5 Å². The van der Waals surface area contributed by atoms with Gasteiger partial charge in [-0.1, -0.05) is 32.9 Å². The van der Waals surface area contributed by atoms with Gasteiger partial charge in [0, 0.05) is 37.1 Å². The molecule has 3 aromatic rings. The maximum absolute atomic E-state index is 13.7. The molecule has 0 fully saturated rings. The predicted molar refractivity (Wildman–Crippen MR) is 139 cm³/mol. The smallest absolute Gasteiger partial charge is 0.123 e. The summed E-state index contributed by atoms with van der Waals surface area (Å²) >= 11 is 0. The Morgan fingerprint density at radius 1 is 1.11 bits per heavy atom. The van der Waals surface area contributed by atoms with E-state index in [1.807, 2.05) is 6.07 Å². The lowest BCUT2D eigenvalue weighted by molar-refractivity contribution is 0.325. The normalized spacial score (nSPS) is 14.9. The number of halogens is 1. The molecule has 0 saturated carbocycles. The highest BCUT2D eigenvalue weighted by Gasteiger charge is 2.34. The summed E-state index contributed by atoms with van der Waals surface area (Å²) in [6, 6.07) is 13.7. The van der Waals surface area contributed by atoms with E-state index >= 15 is 0 Å². The van der Waals surface area contributed by atoms with Crippen LogP contribution in [0.3, 0.4) is 0 Å². The number of pyridine rings is 1. The molecule has 1 unspecified atom stereocenters. The molecule has 2 aromatic carbocycles. The molecular formula is C26H26BFN8. The third-order valence-corrected chi connectivity index (χ3v) is 5.76. The van der Waals surface area contributed by atoms with E-state index in [9.17, 15) is 14.9 Å². The number of nitrogens with one attached hydrogen (secondary N) is 4. The minimum Gasteiger partial charge on any atom is -0.383 e. The van der Waals surface area contributed by atoms with Crippen molar-refractivity contribution in [3.63, 3.8) is 0 Å². The summed E-state index contributed by atoms with van der Waals surface area (Å²) in [4.78, 5) is 4.39. The van der Waals surface area contributed by atoms with Crippen molar-refractivity contribution in [1.29, 1.82) is 10.5 Å². The monoisotopic (exact) mass is 480 g/mol. The van der Waals surface area contributed by atoms with Gasteiger partial charge in [-0.15, -0.1) is 5.53 Å². The van der Waals surface area contributed by atoms with Crippen LogP contribution in [0.2, 0.25) is 0 Å². The van der Waals surface area contributed by atoms with Crippen molar-refractivity contribution in [3.05, 3.63) is 77.0 Å². The highest BCUT2D eigenvalue weighted by atomic mass is 19.1.